The molecule has 170 valence electrons. The van der Waals surface area contributed by atoms with E-state index >= 15 is 0 Å². The Balaban J connectivity index is 1.44. The van der Waals surface area contributed by atoms with E-state index in [1.165, 1.54) is 0 Å². The van der Waals surface area contributed by atoms with Gasteiger partial charge in [0, 0.05) is 50.5 Å². The summed E-state index contributed by atoms with van der Waals surface area (Å²) in [5.74, 6) is -0.0621. The largest absolute Gasteiger partial charge is 0.368 e. The number of pyridine rings is 2. The summed E-state index contributed by atoms with van der Waals surface area (Å²) in [5, 5.41) is 0.837. The standard InChI is InChI=1S/C25H27N5O3/c1-28-9-11-29(12-10-28)25(32)20-15-22(27-21-7-3-2-6-19(20)21)23-17-30(13-14-33-23)24(31)18-5-4-8-26-16-18/h2-8,15-16,23H,9-14,17H2,1H3/t23-/m1/s1. The van der Waals surface area contributed by atoms with Crippen LogP contribution in [0.2, 0.25) is 0 Å². The highest BCUT2D eigenvalue weighted by molar-refractivity contribution is 6.06. The first kappa shape index (κ1) is 21.5. The van der Waals surface area contributed by atoms with Crippen molar-refractivity contribution in [3.8, 4) is 0 Å². The van der Waals surface area contributed by atoms with E-state index < -0.39 is 6.10 Å². The quantitative estimate of drug-likeness (QED) is 0.615. The van der Waals surface area contributed by atoms with E-state index in [-0.39, 0.29) is 11.8 Å². The molecule has 0 N–H and O–H groups in total. The minimum Gasteiger partial charge on any atom is -0.368 e. The van der Waals surface area contributed by atoms with Gasteiger partial charge in [0.15, 0.2) is 0 Å². The molecular formula is C25H27N5O3. The summed E-state index contributed by atoms with van der Waals surface area (Å²) in [4.78, 5) is 41.2. The molecule has 0 saturated carbocycles. The summed E-state index contributed by atoms with van der Waals surface area (Å²) in [6.45, 7) is 4.42. The van der Waals surface area contributed by atoms with Gasteiger partial charge in [-0.2, -0.15) is 0 Å². The van der Waals surface area contributed by atoms with E-state index in [1.807, 2.05) is 35.2 Å². The normalized spacial score (nSPS) is 19.6. The second-order valence-electron chi connectivity index (χ2n) is 8.56. The van der Waals surface area contributed by atoms with E-state index in [2.05, 4.69) is 16.9 Å². The monoisotopic (exact) mass is 445 g/mol. The molecule has 4 heterocycles. The number of morpholine rings is 1. The van der Waals surface area contributed by atoms with Gasteiger partial charge in [0.1, 0.15) is 6.10 Å². The summed E-state index contributed by atoms with van der Waals surface area (Å²) in [7, 11) is 2.07. The number of hydrogen-bond acceptors (Lipinski definition) is 6. The van der Waals surface area contributed by atoms with Crippen LogP contribution in [-0.4, -0.2) is 89.4 Å². The maximum Gasteiger partial charge on any atom is 0.255 e. The molecule has 0 bridgehead atoms. The summed E-state index contributed by atoms with van der Waals surface area (Å²) >= 11 is 0. The molecule has 8 heteroatoms. The first-order valence-corrected chi connectivity index (χ1v) is 11.3. The molecule has 0 unspecified atom stereocenters. The van der Waals surface area contributed by atoms with Crippen LogP contribution in [0.5, 0.6) is 0 Å². The number of rotatable bonds is 3. The number of ether oxygens (including phenoxy) is 1. The second kappa shape index (κ2) is 9.25. The zero-order valence-corrected chi connectivity index (χ0v) is 18.7. The van der Waals surface area contributed by atoms with Crippen molar-refractivity contribution in [3.63, 3.8) is 0 Å². The average molecular weight is 446 g/mol. The van der Waals surface area contributed by atoms with Crippen molar-refractivity contribution in [3.05, 3.63) is 71.7 Å². The third kappa shape index (κ3) is 4.44. The zero-order chi connectivity index (χ0) is 22.8. The predicted molar refractivity (Wildman–Crippen MR) is 124 cm³/mol. The zero-order valence-electron chi connectivity index (χ0n) is 18.7. The third-order valence-electron chi connectivity index (χ3n) is 6.35. The number of likely N-dealkylation sites (N-methyl/N-ethyl adjacent to an activating group) is 1. The number of carbonyl (C=O) groups is 2. The van der Waals surface area contributed by atoms with Crippen LogP contribution < -0.4 is 0 Å². The van der Waals surface area contributed by atoms with Gasteiger partial charge >= 0.3 is 0 Å². The van der Waals surface area contributed by atoms with Crippen LogP contribution >= 0.6 is 0 Å². The van der Waals surface area contributed by atoms with Crippen LogP contribution in [0.4, 0.5) is 0 Å². The highest BCUT2D eigenvalue weighted by Gasteiger charge is 2.29. The predicted octanol–water partition coefficient (Wildman–Crippen LogP) is 2.23. The molecule has 2 fully saturated rings. The molecule has 0 radical (unpaired) electrons. The first-order valence-electron chi connectivity index (χ1n) is 11.3. The van der Waals surface area contributed by atoms with Crippen molar-refractivity contribution in [2.24, 2.45) is 0 Å². The van der Waals surface area contributed by atoms with E-state index in [0.717, 1.165) is 24.0 Å². The number of para-hydroxylation sites is 1. The SMILES string of the molecule is CN1CCN(C(=O)c2cc([C@H]3CN(C(=O)c4cccnc4)CCO3)nc3ccccc23)CC1. The van der Waals surface area contributed by atoms with Crippen molar-refractivity contribution in [2.75, 3.05) is 52.9 Å². The van der Waals surface area contributed by atoms with Gasteiger partial charge in [0.25, 0.3) is 11.8 Å². The molecule has 33 heavy (non-hydrogen) atoms. The number of hydrogen-bond donors (Lipinski definition) is 0. The molecule has 5 rings (SSSR count). The molecule has 8 nitrogen and oxygen atoms in total. The molecule has 3 aromatic rings. The Hall–Kier alpha value is -3.36. The number of carbonyl (C=O) groups excluding carboxylic acids is 2. The molecule has 2 amide bonds. The minimum atomic E-state index is -0.400. The Morgan fingerprint density at radius 3 is 2.58 bits per heavy atom. The fourth-order valence-corrected chi connectivity index (χ4v) is 4.40. The second-order valence-corrected chi connectivity index (χ2v) is 8.56. The highest BCUT2D eigenvalue weighted by Crippen LogP contribution is 2.27. The van der Waals surface area contributed by atoms with Crippen molar-refractivity contribution < 1.29 is 14.3 Å². The molecule has 2 saturated heterocycles. The first-order chi connectivity index (χ1) is 16.1. The van der Waals surface area contributed by atoms with Crippen LogP contribution in [0.25, 0.3) is 10.9 Å². The molecule has 0 spiro atoms. The van der Waals surface area contributed by atoms with Crippen molar-refractivity contribution in [1.29, 1.82) is 0 Å². The van der Waals surface area contributed by atoms with Crippen molar-refractivity contribution in [2.45, 2.75) is 6.10 Å². The van der Waals surface area contributed by atoms with Gasteiger partial charge in [0.2, 0.25) is 0 Å². The number of amides is 2. The maximum absolute atomic E-state index is 13.5. The summed E-state index contributed by atoms with van der Waals surface area (Å²) < 4.78 is 6.02. The lowest BCUT2D eigenvalue weighted by molar-refractivity contribution is -0.0246. The Kier molecular flexibility index (Phi) is 6.02. The van der Waals surface area contributed by atoms with Crippen LogP contribution in [0.1, 0.15) is 32.5 Å². The van der Waals surface area contributed by atoms with Gasteiger partial charge in [-0.05, 0) is 31.3 Å². The number of fused-ring (bicyclic) bond motifs is 1. The Labute approximate surface area is 192 Å². The molecular weight excluding hydrogens is 418 g/mol. The lowest BCUT2D eigenvalue weighted by Gasteiger charge is -2.34. The number of piperazine rings is 1. The van der Waals surface area contributed by atoms with Crippen LogP contribution in [0.15, 0.2) is 54.9 Å². The fourth-order valence-electron chi connectivity index (χ4n) is 4.40. The highest BCUT2D eigenvalue weighted by atomic mass is 16.5. The third-order valence-corrected chi connectivity index (χ3v) is 6.35. The number of benzene rings is 1. The van der Waals surface area contributed by atoms with Gasteiger partial charge in [0.05, 0.1) is 35.5 Å². The maximum atomic E-state index is 13.5. The smallest absolute Gasteiger partial charge is 0.255 e. The topological polar surface area (TPSA) is 78.9 Å². The van der Waals surface area contributed by atoms with E-state index in [4.69, 9.17) is 9.72 Å². The molecule has 2 aliphatic heterocycles. The molecule has 2 aliphatic rings. The number of nitrogens with zero attached hydrogens (tertiary/aromatic N) is 5. The van der Waals surface area contributed by atoms with Gasteiger partial charge in [-0.25, -0.2) is 4.98 Å². The molecule has 1 aromatic carbocycles. The Bertz CT molecular complexity index is 1160. The Morgan fingerprint density at radius 1 is 0.970 bits per heavy atom. The fraction of sp³-hybridized carbons (Fsp3) is 0.360. The lowest BCUT2D eigenvalue weighted by atomic mass is 10.0. The summed E-state index contributed by atoms with van der Waals surface area (Å²) in [6.07, 6.45) is 2.83. The summed E-state index contributed by atoms with van der Waals surface area (Å²) in [5.41, 5.74) is 2.62. The van der Waals surface area contributed by atoms with Crippen LogP contribution in [0, 0.1) is 0 Å². The number of aromatic nitrogens is 2. The molecule has 1 atom stereocenters. The minimum absolute atomic E-state index is 0.0158. The van der Waals surface area contributed by atoms with Crippen LogP contribution in [-0.2, 0) is 4.74 Å². The van der Waals surface area contributed by atoms with Gasteiger partial charge in [-0.3, -0.25) is 14.6 Å². The van der Waals surface area contributed by atoms with Gasteiger partial charge in [-0.1, -0.05) is 18.2 Å². The van der Waals surface area contributed by atoms with Crippen molar-refractivity contribution >= 4 is 22.7 Å². The molecule has 0 aliphatic carbocycles. The average Bonchev–Trinajstić information content (AvgIpc) is 2.88. The Morgan fingerprint density at radius 2 is 1.79 bits per heavy atom. The van der Waals surface area contributed by atoms with Gasteiger partial charge < -0.3 is 19.4 Å². The van der Waals surface area contributed by atoms with E-state index in [0.29, 0.717) is 49.6 Å². The summed E-state index contributed by atoms with van der Waals surface area (Å²) in [6, 6.07) is 13.1. The van der Waals surface area contributed by atoms with Crippen LogP contribution in [0.3, 0.4) is 0 Å². The van der Waals surface area contributed by atoms with Gasteiger partial charge in [-0.15, -0.1) is 0 Å². The van der Waals surface area contributed by atoms with Crippen molar-refractivity contribution in [1.82, 2.24) is 24.7 Å². The van der Waals surface area contributed by atoms with E-state index in [9.17, 15) is 9.59 Å². The van der Waals surface area contributed by atoms with E-state index in [1.54, 1.807) is 29.4 Å². The lowest BCUT2D eigenvalue weighted by Crippen LogP contribution is -2.47. The molecule has 2 aromatic heterocycles.